The number of ether oxygens (including phenoxy) is 1. The fourth-order valence-corrected chi connectivity index (χ4v) is 4.57. The topological polar surface area (TPSA) is 44.1 Å². The minimum atomic E-state index is -0.166. The number of hydrogen-bond acceptors (Lipinski definition) is 4. The van der Waals surface area contributed by atoms with Gasteiger partial charge in [0, 0.05) is 23.4 Å². The van der Waals surface area contributed by atoms with Gasteiger partial charge >= 0.3 is 0 Å². The average molecular weight is 340 g/mol. The molecule has 124 valence electrons. The van der Waals surface area contributed by atoms with E-state index in [0.29, 0.717) is 13.2 Å². The van der Waals surface area contributed by atoms with Crippen LogP contribution in [0.1, 0.15) is 29.9 Å². The first kappa shape index (κ1) is 15.5. The summed E-state index contributed by atoms with van der Waals surface area (Å²) >= 11 is 1.59. The molecule has 5 heteroatoms. The number of rotatable bonds is 3. The molecule has 0 N–H and O–H groups in total. The third-order valence-electron chi connectivity index (χ3n) is 4.52. The van der Waals surface area contributed by atoms with Gasteiger partial charge in [0.1, 0.15) is 4.70 Å². The Kier molecular flexibility index (Phi) is 3.77. The third-order valence-corrected chi connectivity index (χ3v) is 5.73. The van der Waals surface area contributed by atoms with Crippen LogP contribution in [0.2, 0.25) is 0 Å². The number of aryl methyl sites for hydroxylation is 2. The fourth-order valence-electron chi connectivity index (χ4n) is 3.14. The van der Waals surface area contributed by atoms with Crippen LogP contribution >= 0.6 is 11.3 Å². The summed E-state index contributed by atoms with van der Waals surface area (Å²) in [7, 11) is 0. The van der Waals surface area contributed by atoms with Gasteiger partial charge in [-0.1, -0.05) is 30.3 Å². The van der Waals surface area contributed by atoms with Crippen LogP contribution in [0.3, 0.4) is 0 Å². The minimum absolute atomic E-state index is 0.0631. The lowest BCUT2D eigenvalue weighted by Gasteiger charge is -2.29. The molecule has 0 bridgehead atoms. The lowest BCUT2D eigenvalue weighted by atomic mass is 9.98. The normalized spacial score (nSPS) is 16.2. The number of thiophene rings is 1. The van der Waals surface area contributed by atoms with Crippen molar-refractivity contribution in [3.05, 3.63) is 63.0 Å². The van der Waals surface area contributed by atoms with E-state index in [4.69, 9.17) is 4.74 Å². The number of aromatic nitrogens is 2. The molecule has 0 fully saturated rings. The largest absolute Gasteiger partial charge is 0.370 e. The zero-order valence-corrected chi connectivity index (χ0v) is 14.7. The summed E-state index contributed by atoms with van der Waals surface area (Å²) in [6, 6.07) is 10.2. The summed E-state index contributed by atoms with van der Waals surface area (Å²) in [5, 5.41) is 0. The molecular formula is C19H20N2O2S. The number of nitrogens with zero attached hydrogens (tertiary/aromatic N) is 2. The van der Waals surface area contributed by atoms with E-state index in [9.17, 15) is 4.79 Å². The van der Waals surface area contributed by atoms with Crippen molar-refractivity contribution in [2.24, 2.45) is 0 Å². The first-order valence-electron chi connectivity index (χ1n) is 8.21. The SMILES string of the molecule is CC1(C)Cc2sc3c(=O)n(CCc4ccccc4)cnc3c2CO1. The molecule has 0 unspecified atom stereocenters. The highest BCUT2D eigenvalue weighted by Crippen LogP contribution is 2.36. The lowest BCUT2D eigenvalue weighted by Crippen LogP contribution is -2.30. The second kappa shape index (κ2) is 5.83. The van der Waals surface area contributed by atoms with Crippen molar-refractivity contribution in [1.29, 1.82) is 0 Å². The van der Waals surface area contributed by atoms with Gasteiger partial charge in [-0.15, -0.1) is 11.3 Å². The Hall–Kier alpha value is -1.98. The first-order valence-corrected chi connectivity index (χ1v) is 9.03. The average Bonchev–Trinajstić information content (AvgIpc) is 2.92. The van der Waals surface area contributed by atoms with Crippen molar-refractivity contribution in [3.63, 3.8) is 0 Å². The van der Waals surface area contributed by atoms with Crippen LogP contribution < -0.4 is 5.56 Å². The van der Waals surface area contributed by atoms with Crippen molar-refractivity contribution in [2.45, 2.75) is 45.4 Å². The molecule has 0 aliphatic carbocycles. The molecule has 1 aliphatic rings. The number of benzene rings is 1. The first-order chi connectivity index (χ1) is 11.5. The standard InChI is InChI=1S/C19H20N2O2S/c1-19(2)10-15-14(11-23-19)16-17(24-15)18(22)21(12-20-16)9-8-13-6-4-3-5-7-13/h3-7,12H,8-11H2,1-2H3. The van der Waals surface area contributed by atoms with Crippen LogP contribution in [0.15, 0.2) is 41.5 Å². The molecule has 0 amide bonds. The Labute approximate surface area is 144 Å². The summed E-state index contributed by atoms with van der Waals surface area (Å²) in [4.78, 5) is 18.6. The van der Waals surface area contributed by atoms with Gasteiger partial charge in [-0.3, -0.25) is 9.36 Å². The molecular weight excluding hydrogens is 320 g/mol. The predicted molar refractivity (Wildman–Crippen MR) is 96.6 cm³/mol. The molecule has 2 aromatic heterocycles. The van der Waals surface area contributed by atoms with Crippen molar-refractivity contribution >= 4 is 21.6 Å². The molecule has 0 spiro atoms. The summed E-state index contributed by atoms with van der Waals surface area (Å²) in [5.41, 5.74) is 3.05. The zero-order valence-electron chi connectivity index (χ0n) is 13.9. The highest BCUT2D eigenvalue weighted by atomic mass is 32.1. The fraction of sp³-hybridized carbons (Fsp3) is 0.368. The molecule has 1 aliphatic heterocycles. The van der Waals surface area contributed by atoms with Crippen molar-refractivity contribution in [2.75, 3.05) is 0 Å². The van der Waals surface area contributed by atoms with E-state index in [-0.39, 0.29) is 11.2 Å². The molecule has 24 heavy (non-hydrogen) atoms. The van der Waals surface area contributed by atoms with E-state index in [1.807, 2.05) is 18.2 Å². The second-order valence-electron chi connectivity index (χ2n) is 6.89. The highest BCUT2D eigenvalue weighted by molar-refractivity contribution is 7.19. The van der Waals surface area contributed by atoms with Gasteiger partial charge in [0.25, 0.3) is 5.56 Å². The van der Waals surface area contributed by atoms with E-state index in [0.717, 1.165) is 28.6 Å². The van der Waals surface area contributed by atoms with Crippen LogP contribution in [0.5, 0.6) is 0 Å². The van der Waals surface area contributed by atoms with E-state index in [1.165, 1.54) is 10.4 Å². The summed E-state index contributed by atoms with van der Waals surface area (Å²) in [6.07, 6.45) is 3.35. The summed E-state index contributed by atoms with van der Waals surface area (Å²) in [6.45, 7) is 5.37. The summed E-state index contributed by atoms with van der Waals surface area (Å²) < 4.78 is 8.38. The maximum Gasteiger partial charge on any atom is 0.271 e. The van der Waals surface area contributed by atoms with E-state index in [1.54, 1.807) is 22.2 Å². The van der Waals surface area contributed by atoms with Crippen LogP contribution in [-0.4, -0.2) is 15.2 Å². The molecule has 0 saturated heterocycles. The van der Waals surface area contributed by atoms with Gasteiger partial charge < -0.3 is 4.74 Å². The lowest BCUT2D eigenvalue weighted by molar-refractivity contribution is -0.0383. The Morgan fingerprint density at radius 1 is 1.29 bits per heavy atom. The van der Waals surface area contributed by atoms with Gasteiger partial charge in [-0.05, 0) is 25.8 Å². The zero-order chi connectivity index (χ0) is 16.7. The predicted octanol–water partition coefficient (Wildman–Crippen LogP) is 3.55. The number of fused-ring (bicyclic) bond motifs is 3. The molecule has 4 nitrogen and oxygen atoms in total. The molecule has 3 aromatic rings. The van der Waals surface area contributed by atoms with Gasteiger partial charge in [0.15, 0.2) is 0 Å². The van der Waals surface area contributed by atoms with E-state index in [2.05, 4.69) is 31.0 Å². The smallest absolute Gasteiger partial charge is 0.271 e. The molecule has 3 heterocycles. The van der Waals surface area contributed by atoms with Gasteiger partial charge in [-0.2, -0.15) is 0 Å². The summed E-state index contributed by atoms with van der Waals surface area (Å²) in [5.74, 6) is 0. The Morgan fingerprint density at radius 2 is 2.08 bits per heavy atom. The Balaban J connectivity index is 1.67. The monoisotopic (exact) mass is 340 g/mol. The quantitative estimate of drug-likeness (QED) is 0.732. The van der Waals surface area contributed by atoms with Crippen LogP contribution in [0.25, 0.3) is 10.2 Å². The second-order valence-corrected chi connectivity index (χ2v) is 7.99. The van der Waals surface area contributed by atoms with E-state index < -0.39 is 0 Å². The van der Waals surface area contributed by atoms with Crippen molar-refractivity contribution in [3.8, 4) is 0 Å². The van der Waals surface area contributed by atoms with Gasteiger partial charge in [-0.25, -0.2) is 4.98 Å². The molecule has 0 radical (unpaired) electrons. The molecule has 1 aromatic carbocycles. The number of hydrogen-bond donors (Lipinski definition) is 0. The third kappa shape index (κ3) is 2.78. The van der Waals surface area contributed by atoms with Crippen LogP contribution in [0.4, 0.5) is 0 Å². The van der Waals surface area contributed by atoms with Gasteiger partial charge in [0.2, 0.25) is 0 Å². The Morgan fingerprint density at radius 3 is 2.88 bits per heavy atom. The van der Waals surface area contributed by atoms with Crippen LogP contribution in [-0.2, 0) is 30.7 Å². The van der Waals surface area contributed by atoms with Crippen molar-refractivity contribution in [1.82, 2.24) is 9.55 Å². The maximum absolute atomic E-state index is 12.8. The highest BCUT2D eigenvalue weighted by Gasteiger charge is 2.30. The molecule has 0 atom stereocenters. The van der Waals surface area contributed by atoms with Crippen LogP contribution in [0, 0.1) is 0 Å². The van der Waals surface area contributed by atoms with Crippen molar-refractivity contribution < 1.29 is 4.74 Å². The molecule has 4 rings (SSSR count). The van der Waals surface area contributed by atoms with E-state index >= 15 is 0 Å². The minimum Gasteiger partial charge on any atom is -0.370 e. The van der Waals surface area contributed by atoms with Gasteiger partial charge in [0.05, 0.1) is 24.1 Å². The molecule has 0 saturated carbocycles. The Bertz CT molecular complexity index is 941. The maximum atomic E-state index is 12.8.